The van der Waals surface area contributed by atoms with E-state index in [1.165, 1.54) is 0 Å². The lowest BCUT2D eigenvalue weighted by Crippen LogP contribution is -2.49. The van der Waals surface area contributed by atoms with Crippen molar-refractivity contribution in [2.24, 2.45) is 0 Å². The highest BCUT2D eigenvalue weighted by Crippen LogP contribution is 2.17. The number of methoxy groups -OCH3 is 1. The molecule has 0 bridgehead atoms. The van der Waals surface area contributed by atoms with Gasteiger partial charge in [0, 0.05) is 12.6 Å². The van der Waals surface area contributed by atoms with Crippen molar-refractivity contribution in [2.75, 3.05) is 7.11 Å². The number of carbonyl (C=O) groups excluding carboxylic acids is 2. The fourth-order valence-corrected chi connectivity index (χ4v) is 3.00. The van der Waals surface area contributed by atoms with Crippen LogP contribution in [0.3, 0.4) is 0 Å². The number of carbonyl (C=O) groups is 2. The number of rotatable bonds is 9. The van der Waals surface area contributed by atoms with Gasteiger partial charge in [0.1, 0.15) is 11.8 Å². The second kappa shape index (κ2) is 10.6. The van der Waals surface area contributed by atoms with Gasteiger partial charge in [-0.05, 0) is 50.5 Å². The first-order valence-corrected chi connectivity index (χ1v) is 10.1. The molecule has 5 heteroatoms. The van der Waals surface area contributed by atoms with E-state index < -0.39 is 6.04 Å². The molecule has 0 aliphatic heterocycles. The van der Waals surface area contributed by atoms with Gasteiger partial charge < -0.3 is 15.0 Å². The van der Waals surface area contributed by atoms with Crippen LogP contribution in [0.25, 0.3) is 0 Å². The van der Waals surface area contributed by atoms with E-state index in [2.05, 4.69) is 5.32 Å². The highest BCUT2D eigenvalue weighted by atomic mass is 16.5. The standard InChI is InChI=1S/C24H32N2O3/c1-6-18(3)25-24(28)19(4)26(16-21-8-7-9-22(14-21)29-5)23(27)15-20-12-10-17(2)11-13-20/h7-14,18-19H,6,15-16H2,1-5H3,(H,25,28)/t18-,19-/m1/s1. The predicted molar refractivity (Wildman–Crippen MR) is 116 cm³/mol. The van der Waals surface area contributed by atoms with Crippen LogP contribution in [0.1, 0.15) is 43.9 Å². The molecular formula is C24H32N2O3. The first-order valence-electron chi connectivity index (χ1n) is 10.1. The quantitative estimate of drug-likeness (QED) is 0.700. The summed E-state index contributed by atoms with van der Waals surface area (Å²) in [6, 6.07) is 15.0. The summed E-state index contributed by atoms with van der Waals surface area (Å²) in [5.41, 5.74) is 3.01. The summed E-state index contributed by atoms with van der Waals surface area (Å²) in [6.45, 7) is 8.13. The van der Waals surface area contributed by atoms with Crippen LogP contribution in [0.4, 0.5) is 0 Å². The third-order valence-corrected chi connectivity index (χ3v) is 5.13. The van der Waals surface area contributed by atoms with Gasteiger partial charge in [0.25, 0.3) is 0 Å². The van der Waals surface area contributed by atoms with Gasteiger partial charge in [-0.15, -0.1) is 0 Å². The first-order chi connectivity index (χ1) is 13.8. The second-order valence-electron chi connectivity index (χ2n) is 7.53. The SMILES string of the molecule is CC[C@@H](C)NC(=O)[C@@H](C)N(Cc1cccc(OC)c1)C(=O)Cc1ccc(C)cc1. The first kappa shape index (κ1) is 22.5. The van der Waals surface area contributed by atoms with Crippen molar-refractivity contribution in [1.29, 1.82) is 0 Å². The summed E-state index contributed by atoms with van der Waals surface area (Å²) in [6.07, 6.45) is 1.09. The minimum absolute atomic E-state index is 0.0656. The molecule has 29 heavy (non-hydrogen) atoms. The summed E-state index contributed by atoms with van der Waals surface area (Å²) in [4.78, 5) is 27.6. The summed E-state index contributed by atoms with van der Waals surface area (Å²) >= 11 is 0. The summed E-state index contributed by atoms with van der Waals surface area (Å²) < 4.78 is 5.30. The van der Waals surface area contributed by atoms with E-state index in [-0.39, 0.29) is 24.3 Å². The third-order valence-electron chi connectivity index (χ3n) is 5.13. The summed E-state index contributed by atoms with van der Waals surface area (Å²) in [5, 5.41) is 2.99. The molecule has 0 aromatic heterocycles. The number of benzene rings is 2. The van der Waals surface area contributed by atoms with Gasteiger partial charge in [0.15, 0.2) is 0 Å². The Balaban J connectivity index is 2.23. The third kappa shape index (κ3) is 6.63. The molecule has 0 aliphatic carbocycles. The Labute approximate surface area is 174 Å². The van der Waals surface area contributed by atoms with Crippen molar-refractivity contribution >= 4 is 11.8 Å². The maximum atomic E-state index is 13.2. The Hall–Kier alpha value is -2.82. The van der Waals surface area contributed by atoms with E-state index in [4.69, 9.17) is 4.74 Å². The molecule has 0 radical (unpaired) electrons. The Bertz CT molecular complexity index is 817. The van der Waals surface area contributed by atoms with Gasteiger partial charge in [-0.2, -0.15) is 0 Å². The van der Waals surface area contributed by atoms with Crippen LogP contribution >= 0.6 is 0 Å². The van der Waals surface area contributed by atoms with E-state index in [0.717, 1.165) is 28.9 Å². The molecule has 1 N–H and O–H groups in total. The lowest BCUT2D eigenvalue weighted by Gasteiger charge is -2.30. The molecule has 0 saturated heterocycles. The minimum Gasteiger partial charge on any atom is -0.497 e. The largest absolute Gasteiger partial charge is 0.497 e. The van der Waals surface area contributed by atoms with E-state index >= 15 is 0 Å². The summed E-state index contributed by atoms with van der Waals surface area (Å²) in [7, 11) is 1.61. The fraction of sp³-hybridized carbons (Fsp3) is 0.417. The van der Waals surface area contributed by atoms with E-state index in [1.54, 1.807) is 18.9 Å². The molecule has 0 unspecified atom stereocenters. The number of aryl methyl sites for hydroxylation is 1. The Kier molecular flexibility index (Phi) is 8.25. The molecule has 2 amide bonds. The van der Waals surface area contributed by atoms with Crippen LogP contribution < -0.4 is 10.1 Å². The van der Waals surface area contributed by atoms with Gasteiger partial charge in [-0.1, -0.05) is 48.9 Å². The van der Waals surface area contributed by atoms with Gasteiger partial charge >= 0.3 is 0 Å². The number of hydrogen-bond acceptors (Lipinski definition) is 3. The van der Waals surface area contributed by atoms with Gasteiger partial charge in [-0.25, -0.2) is 0 Å². The van der Waals surface area contributed by atoms with Crippen LogP contribution in [0.15, 0.2) is 48.5 Å². The second-order valence-corrected chi connectivity index (χ2v) is 7.53. The van der Waals surface area contributed by atoms with Gasteiger partial charge in [-0.3, -0.25) is 9.59 Å². The number of amides is 2. The molecule has 5 nitrogen and oxygen atoms in total. The van der Waals surface area contributed by atoms with Crippen molar-refractivity contribution < 1.29 is 14.3 Å². The zero-order valence-electron chi connectivity index (χ0n) is 18.1. The maximum absolute atomic E-state index is 13.2. The average Bonchev–Trinajstić information content (AvgIpc) is 2.73. The lowest BCUT2D eigenvalue weighted by atomic mass is 10.1. The van der Waals surface area contributed by atoms with E-state index in [9.17, 15) is 9.59 Å². The highest BCUT2D eigenvalue weighted by Gasteiger charge is 2.27. The Morgan fingerprint density at radius 3 is 2.38 bits per heavy atom. The number of hydrogen-bond donors (Lipinski definition) is 1. The molecule has 2 aromatic carbocycles. The number of nitrogens with one attached hydrogen (secondary N) is 1. The minimum atomic E-state index is -0.576. The normalized spacial score (nSPS) is 12.7. The lowest BCUT2D eigenvalue weighted by molar-refractivity contribution is -0.140. The van der Waals surface area contributed by atoms with E-state index in [1.807, 2.05) is 69.3 Å². The van der Waals surface area contributed by atoms with Crippen LogP contribution in [0.5, 0.6) is 5.75 Å². The van der Waals surface area contributed by atoms with Crippen molar-refractivity contribution in [3.63, 3.8) is 0 Å². The zero-order chi connectivity index (χ0) is 21.4. The molecule has 2 rings (SSSR count). The van der Waals surface area contributed by atoms with Crippen molar-refractivity contribution in [3.05, 3.63) is 65.2 Å². The predicted octanol–water partition coefficient (Wildman–Crippen LogP) is 3.88. The molecule has 156 valence electrons. The smallest absolute Gasteiger partial charge is 0.242 e. The van der Waals surface area contributed by atoms with Gasteiger partial charge in [0.05, 0.1) is 13.5 Å². The monoisotopic (exact) mass is 396 g/mol. The summed E-state index contributed by atoms with van der Waals surface area (Å²) in [5.74, 6) is 0.508. The van der Waals surface area contributed by atoms with Crippen LogP contribution in [0.2, 0.25) is 0 Å². The molecular weight excluding hydrogens is 364 g/mol. The molecule has 0 spiro atoms. The van der Waals surface area contributed by atoms with Crippen molar-refractivity contribution in [3.8, 4) is 5.75 Å². The maximum Gasteiger partial charge on any atom is 0.242 e. The van der Waals surface area contributed by atoms with Crippen LogP contribution in [-0.4, -0.2) is 35.9 Å². The number of nitrogens with zero attached hydrogens (tertiary/aromatic N) is 1. The van der Waals surface area contributed by atoms with Crippen LogP contribution in [0, 0.1) is 6.92 Å². The zero-order valence-corrected chi connectivity index (χ0v) is 18.1. The fourth-order valence-electron chi connectivity index (χ4n) is 3.00. The molecule has 0 heterocycles. The molecule has 2 atom stereocenters. The molecule has 2 aromatic rings. The van der Waals surface area contributed by atoms with E-state index in [0.29, 0.717) is 6.54 Å². The number of ether oxygens (including phenoxy) is 1. The Morgan fingerprint density at radius 2 is 1.76 bits per heavy atom. The van der Waals surface area contributed by atoms with Crippen molar-refractivity contribution in [2.45, 2.75) is 59.2 Å². The van der Waals surface area contributed by atoms with Crippen molar-refractivity contribution in [1.82, 2.24) is 10.2 Å². The average molecular weight is 397 g/mol. The molecule has 0 fully saturated rings. The highest BCUT2D eigenvalue weighted by molar-refractivity contribution is 5.88. The van der Waals surface area contributed by atoms with Crippen LogP contribution in [-0.2, 0) is 22.6 Å². The molecule has 0 saturated carbocycles. The van der Waals surface area contributed by atoms with Gasteiger partial charge in [0.2, 0.25) is 11.8 Å². The molecule has 0 aliphatic rings. The Morgan fingerprint density at radius 1 is 1.07 bits per heavy atom. The topological polar surface area (TPSA) is 58.6 Å².